The van der Waals surface area contributed by atoms with E-state index in [-0.39, 0.29) is 19.5 Å². The van der Waals surface area contributed by atoms with Crippen molar-refractivity contribution < 1.29 is 74.6 Å². The zero-order valence-corrected chi connectivity index (χ0v) is 33.0. The molecule has 22 heteroatoms. The third kappa shape index (κ3) is 33.8. The molecular weight excluding hydrogens is 887 g/mol. The molecule has 0 unspecified atom stereocenters. The molecule has 7 nitrogen and oxygen atoms in total. The summed E-state index contributed by atoms with van der Waals surface area (Å²) in [5, 5.41) is 24.2. The van der Waals surface area contributed by atoms with Crippen LogP contribution in [-0.2, 0) is 24.2 Å². The van der Waals surface area contributed by atoms with E-state index in [4.69, 9.17) is 25.5 Å². The predicted molar refractivity (Wildman–Crippen MR) is 189 cm³/mol. The number of rotatable bonds is 4. The predicted octanol–water partition coefficient (Wildman–Crippen LogP) is 14.9. The van der Waals surface area contributed by atoms with Gasteiger partial charge in [-0.1, -0.05) is 54.6 Å². The minimum absolute atomic E-state index is 0. The average molecular weight is 922 g/mol. The molecule has 3 aromatic heterocycles. The summed E-state index contributed by atoms with van der Waals surface area (Å²) in [6, 6.07) is 31.8. The standard InChI is InChI=1S/C23H15N3.C4H10O.3C2H3N.2F6P.Ru/c1-6-16-8-4-14-24-22(16)18(10-1)20-12-3-13-21(26-20)19-11-2-7-17-9-5-15-25-23(17)19;1-3-5-4-2;3*1-2-3;2*1-7(2,3,4,5)6;/h1-15H;3-4H2,1-2H3;3*1H3;;;/q;;;;;2*-1;+2. The van der Waals surface area contributed by atoms with Crippen molar-refractivity contribution in [1.29, 1.82) is 15.8 Å². The topological polar surface area (TPSA) is 119 Å². The molecule has 0 saturated carbocycles. The van der Waals surface area contributed by atoms with Gasteiger partial charge in [0, 0.05) is 68.3 Å². The van der Waals surface area contributed by atoms with Gasteiger partial charge in [-0.2, -0.15) is 15.8 Å². The van der Waals surface area contributed by atoms with Gasteiger partial charge < -0.3 is 4.74 Å². The van der Waals surface area contributed by atoms with E-state index in [1.165, 1.54) is 20.8 Å². The van der Waals surface area contributed by atoms with Gasteiger partial charge in [0.2, 0.25) is 0 Å². The number of halogens is 12. The van der Waals surface area contributed by atoms with Crippen LogP contribution in [0.2, 0.25) is 0 Å². The molecule has 0 spiro atoms. The molecule has 2 aromatic carbocycles. The number of hydrogen-bond acceptors (Lipinski definition) is 7. The molecule has 3 heterocycles. The van der Waals surface area contributed by atoms with E-state index in [0.29, 0.717) is 0 Å². The molecule has 5 aromatic rings. The van der Waals surface area contributed by atoms with Crippen LogP contribution in [-0.4, -0.2) is 28.2 Å². The molecule has 0 bridgehead atoms. The Labute approximate surface area is 321 Å². The Bertz CT molecular complexity index is 1870. The second-order valence-electron chi connectivity index (χ2n) is 9.54. The van der Waals surface area contributed by atoms with Gasteiger partial charge in [-0.15, -0.1) is 0 Å². The maximum Gasteiger partial charge on any atom is 2.00 e. The van der Waals surface area contributed by atoms with Crippen molar-refractivity contribution in [2.75, 3.05) is 13.2 Å². The van der Waals surface area contributed by atoms with Crippen molar-refractivity contribution in [2.45, 2.75) is 34.6 Å². The van der Waals surface area contributed by atoms with Crippen LogP contribution in [0.15, 0.2) is 91.3 Å². The second kappa shape index (κ2) is 21.5. The SMILES string of the molecule is CC#N.CC#N.CC#N.CCOCC.F[P-](F)(F)(F)(F)F.F[P-](F)(F)(F)(F)F.[Ru+2].c1cc(-c2cccc3cccnc23)nc(-c2cccc3cccnc23)c1. The summed E-state index contributed by atoms with van der Waals surface area (Å²) in [7, 11) is -21.3. The zero-order valence-electron chi connectivity index (χ0n) is 29.4. The number of aromatic nitrogens is 3. The Kier molecular flexibility index (Phi) is 21.5. The summed E-state index contributed by atoms with van der Waals surface area (Å²) in [4.78, 5) is 14.0. The fraction of sp³-hybridized carbons (Fsp3) is 0.212. The van der Waals surface area contributed by atoms with Crippen LogP contribution >= 0.6 is 15.6 Å². The third-order valence-electron chi connectivity index (χ3n) is 4.97. The number of hydrogen-bond donors (Lipinski definition) is 0. The van der Waals surface area contributed by atoms with E-state index in [2.05, 4.69) is 46.4 Å². The van der Waals surface area contributed by atoms with E-state index in [1.54, 1.807) is 18.2 Å². The van der Waals surface area contributed by atoms with Gasteiger partial charge in [0.05, 0.1) is 40.6 Å². The molecule has 0 aliphatic heterocycles. The van der Waals surface area contributed by atoms with E-state index in [1.807, 2.05) is 68.7 Å². The van der Waals surface area contributed by atoms with Gasteiger partial charge in [0.25, 0.3) is 0 Å². The summed E-state index contributed by atoms with van der Waals surface area (Å²) in [5.74, 6) is 0. The number of benzene rings is 2. The maximum atomic E-state index is 9.87. The zero-order chi connectivity index (χ0) is 42.4. The minimum Gasteiger partial charge on any atom is -0.256 e. The van der Waals surface area contributed by atoms with Crippen LogP contribution in [0.25, 0.3) is 44.3 Å². The number of nitriles is 3. The van der Waals surface area contributed by atoms with Crippen molar-refractivity contribution in [1.82, 2.24) is 15.0 Å². The van der Waals surface area contributed by atoms with Crippen LogP contribution < -0.4 is 0 Å². The van der Waals surface area contributed by atoms with Crippen molar-refractivity contribution >= 4 is 37.4 Å². The summed E-state index contributed by atoms with van der Waals surface area (Å²) >= 11 is 0. The molecule has 0 saturated heterocycles. The molecule has 0 aliphatic carbocycles. The van der Waals surface area contributed by atoms with Crippen LogP contribution in [0.1, 0.15) is 34.6 Å². The van der Waals surface area contributed by atoms with E-state index in [9.17, 15) is 50.4 Å². The number of nitrogens with zero attached hydrogens (tertiary/aromatic N) is 6. The quantitative estimate of drug-likeness (QED) is 0.100. The molecule has 5 rings (SSSR count). The van der Waals surface area contributed by atoms with Crippen LogP contribution in [0, 0.1) is 34.0 Å². The Morgan fingerprint density at radius 1 is 0.509 bits per heavy atom. The number of para-hydroxylation sites is 2. The van der Waals surface area contributed by atoms with Gasteiger partial charge in [0.15, 0.2) is 0 Å². The molecular formula is C33H34F12N6OP2Ru. The normalized spacial score (nSPS) is 12.3. The van der Waals surface area contributed by atoms with Gasteiger partial charge >= 0.3 is 85.5 Å². The summed E-state index contributed by atoms with van der Waals surface area (Å²) in [6.07, 6.45) is 3.65. The molecule has 55 heavy (non-hydrogen) atoms. The van der Waals surface area contributed by atoms with Crippen molar-refractivity contribution in [2.24, 2.45) is 0 Å². The third-order valence-corrected chi connectivity index (χ3v) is 4.97. The number of fused-ring (bicyclic) bond motifs is 2. The molecule has 0 atom stereocenters. The molecule has 304 valence electrons. The van der Waals surface area contributed by atoms with Crippen LogP contribution in [0.3, 0.4) is 0 Å². The maximum absolute atomic E-state index is 10.7. The Hall–Kier alpha value is -4.52. The van der Waals surface area contributed by atoms with Gasteiger partial charge in [-0.3, -0.25) is 9.97 Å². The van der Waals surface area contributed by atoms with Crippen molar-refractivity contribution in [3.63, 3.8) is 0 Å². The molecule has 0 N–H and O–H groups in total. The van der Waals surface area contributed by atoms with Gasteiger partial charge in [-0.05, 0) is 38.1 Å². The number of pyridine rings is 3. The van der Waals surface area contributed by atoms with E-state index in [0.717, 1.165) is 57.5 Å². The second-order valence-corrected chi connectivity index (χ2v) is 13.4. The summed E-state index contributed by atoms with van der Waals surface area (Å²) < 4.78 is 123. The Morgan fingerprint density at radius 2 is 0.764 bits per heavy atom. The Balaban J connectivity index is -0.000000770. The molecule has 0 aliphatic rings. The number of ether oxygens (including phenoxy) is 1. The van der Waals surface area contributed by atoms with Gasteiger partial charge in [-0.25, -0.2) is 4.98 Å². The van der Waals surface area contributed by atoms with Crippen LogP contribution in [0.5, 0.6) is 0 Å². The molecule has 0 amide bonds. The van der Waals surface area contributed by atoms with E-state index >= 15 is 0 Å². The summed E-state index contributed by atoms with van der Waals surface area (Å²) in [5.41, 5.74) is 5.85. The molecule has 0 radical (unpaired) electrons. The van der Waals surface area contributed by atoms with Crippen molar-refractivity contribution in [3.05, 3.63) is 91.3 Å². The van der Waals surface area contributed by atoms with Crippen molar-refractivity contribution in [3.8, 4) is 40.7 Å². The molecule has 0 fully saturated rings. The van der Waals surface area contributed by atoms with Gasteiger partial charge in [0.1, 0.15) is 0 Å². The average Bonchev–Trinajstić information content (AvgIpc) is 3.03. The van der Waals surface area contributed by atoms with Crippen LogP contribution in [0.4, 0.5) is 50.4 Å². The largest absolute Gasteiger partial charge is 2.00 e. The Morgan fingerprint density at radius 3 is 1.02 bits per heavy atom. The summed E-state index contributed by atoms with van der Waals surface area (Å²) in [6.45, 7) is 9.96. The first-order valence-electron chi connectivity index (χ1n) is 14.7. The first-order valence-corrected chi connectivity index (χ1v) is 18.8. The smallest absolute Gasteiger partial charge is 0.256 e. The minimum atomic E-state index is -10.7. The first kappa shape index (κ1) is 54.8. The van der Waals surface area contributed by atoms with E-state index < -0.39 is 15.6 Å². The fourth-order valence-corrected chi connectivity index (χ4v) is 3.56. The fourth-order valence-electron chi connectivity index (χ4n) is 3.56. The first-order chi connectivity index (χ1) is 24.5. The monoisotopic (exact) mass is 922 g/mol.